The van der Waals surface area contributed by atoms with Crippen molar-refractivity contribution in [1.29, 1.82) is 0 Å². The van der Waals surface area contributed by atoms with Crippen molar-refractivity contribution in [2.45, 2.75) is 26.3 Å². The Hall–Kier alpha value is -3.09. The van der Waals surface area contributed by atoms with Crippen LogP contribution in [-0.4, -0.2) is 52.9 Å². The Labute approximate surface area is 164 Å². The lowest BCUT2D eigenvalue weighted by Gasteiger charge is -2.20. The molecule has 0 spiro atoms. The number of nitrogens with one attached hydrogen (secondary N) is 2. The van der Waals surface area contributed by atoms with E-state index in [2.05, 4.69) is 10.6 Å². The van der Waals surface area contributed by atoms with Crippen LogP contribution in [-0.2, 0) is 9.59 Å². The number of carbonyl (C=O) groups is 3. The summed E-state index contributed by atoms with van der Waals surface area (Å²) in [7, 11) is 0. The normalized spacial score (nSPS) is 16.5. The minimum absolute atomic E-state index is 0.0202. The molecule has 2 heterocycles. The van der Waals surface area contributed by atoms with E-state index in [1.807, 2.05) is 55.1 Å². The fourth-order valence-electron chi connectivity index (χ4n) is 3.31. The lowest BCUT2D eigenvalue weighted by molar-refractivity contribution is -0.129. The second kappa shape index (κ2) is 8.73. The summed E-state index contributed by atoms with van der Waals surface area (Å²) in [5.41, 5.74) is 1.55. The van der Waals surface area contributed by atoms with Gasteiger partial charge in [-0.2, -0.15) is 0 Å². The highest BCUT2D eigenvalue weighted by atomic mass is 16.2. The first-order chi connectivity index (χ1) is 13.5. The van der Waals surface area contributed by atoms with Gasteiger partial charge in [-0.05, 0) is 50.2 Å². The molecule has 1 atom stereocenters. The maximum absolute atomic E-state index is 12.2. The van der Waals surface area contributed by atoms with Gasteiger partial charge in [-0.3, -0.25) is 14.4 Å². The molecule has 0 radical (unpaired) electrons. The lowest BCUT2D eigenvalue weighted by atomic mass is 10.1. The Balaban J connectivity index is 1.41. The van der Waals surface area contributed by atoms with Gasteiger partial charge in [0.2, 0.25) is 11.8 Å². The summed E-state index contributed by atoms with van der Waals surface area (Å²) >= 11 is 0. The van der Waals surface area contributed by atoms with E-state index < -0.39 is 0 Å². The van der Waals surface area contributed by atoms with Gasteiger partial charge in [-0.15, -0.1) is 0 Å². The van der Waals surface area contributed by atoms with E-state index in [9.17, 15) is 14.4 Å². The summed E-state index contributed by atoms with van der Waals surface area (Å²) in [4.78, 5) is 38.1. The van der Waals surface area contributed by atoms with Crippen LogP contribution in [0.2, 0.25) is 0 Å². The molecule has 148 valence electrons. The molecule has 2 aromatic rings. The Morgan fingerprint density at radius 3 is 2.32 bits per heavy atom. The zero-order chi connectivity index (χ0) is 20.1. The number of hydrogen-bond donors (Lipinski definition) is 2. The number of benzene rings is 1. The van der Waals surface area contributed by atoms with E-state index in [0.29, 0.717) is 25.2 Å². The van der Waals surface area contributed by atoms with Crippen LogP contribution in [0.4, 0.5) is 0 Å². The summed E-state index contributed by atoms with van der Waals surface area (Å²) in [6.45, 7) is 5.01. The van der Waals surface area contributed by atoms with Crippen LogP contribution >= 0.6 is 0 Å². The van der Waals surface area contributed by atoms with Crippen molar-refractivity contribution < 1.29 is 14.4 Å². The van der Waals surface area contributed by atoms with E-state index in [0.717, 1.165) is 5.69 Å². The molecule has 1 aliphatic heterocycles. The molecule has 1 aliphatic rings. The first kappa shape index (κ1) is 19.7. The van der Waals surface area contributed by atoms with E-state index in [1.54, 1.807) is 17.0 Å². The second-order valence-corrected chi connectivity index (χ2v) is 7.23. The molecule has 7 heteroatoms. The van der Waals surface area contributed by atoms with Crippen molar-refractivity contribution in [3.63, 3.8) is 0 Å². The Morgan fingerprint density at radius 2 is 1.71 bits per heavy atom. The van der Waals surface area contributed by atoms with Gasteiger partial charge in [0, 0.05) is 55.7 Å². The van der Waals surface area contributed by atoms with E-state index in [4.69, 9.17) is 0 Å². The van der Waals surface area contributed by atoms with Gasteiger partial charge in [0.05, 0.1) is 5.92 Å². The molecule has 0 saturated carbocycles. The molecule has 7 nitrogen and oxygen atoms in total. The van der Waals surface area contributed by atoms with Crippen LogP contribution in [0.3, 0.4) is 0 Å². The molecule has 1 unspecified atom stereocenters. The maximum atomic E-state index is 12.2. The Morgan fingerprint density at radius 1 is 1.07 bits per heavy atom. The molecule has 0 aliphatic carbocycles. The molecule has 3 amide bonds. The van der Waals surface area contributed by atoms with Gasteiger partial charge < -0.3 is 20.1 Å². The average Bonchev–Trinajstić information content (AvgIpc) is 3.35. The van der Waals surface area contributed by atoms with Crippen LogP contribution in [0.5, 0.6) is 0 Å². The number of carbonyl (C=O) groups excluding carboxylic acids is 3. The van der Waals surface area contributed by atoms with E-state index in [-0.39, 0.29) is 36.1 Å². The van der Waals surface area contributed by atoms with Crippen LogP contribution < -0.4 is 10.6 Å². The smallest absolute Gasteiger partial charge is 0.251 e. The van der Waals surface area contributed by atoms with Crippen molar-refractivity contribution in [2.24, 2.45) is 5.92 Å². The largest absolute Gasteiger partial charge is 0.354 e. The molecule has 1 fully saturated rings. The average molecular weight is 382 g/mol. The minimum atomic E-state index is -0.313. The van der Waals surface area contributed by atoms with Gasteiger partial charge in [-0.25, -0.2) is 0 Å². The van der Waals surface area contributed by atoms with Crippen molar-refractivity contribution in [2.75, 3.05) is 19.6 Å². The predicted molar refractivity (Wildman–Crippen MR) is 106 cm³/mol. The monoisotopic (exact) mass is 382 g/mol. The summed E-state index contributed by atoms with van der Waals surface area (Å²) < 4.78 is 1.96. The molecule has 1 aromatic carbocycles. The first-order valence-corrected chi connectivity index (χ1v) is 9.54. The third kappa shape index (κ3) is 4.60. The molecule has 1 aromatic heterocycles. The van der Waals surface area contributed by atoms with Crippen LogP contribution in [0.25, 0.3) is 5.69 Å². The van der Waals surface area contributed by atoms with Gasteiger partial charge in [0.25, 0.3) is 5.91 Å². The van der Waals surface area contributed by atoms with E-state index in [1.165, 1.54) is 0 Å². The fraction of sp³-hybridized carbons (Fsp3) is 0.381. The van der Waals surface area contributed by atoms with Crippen LogP contribution in [0.1, 0.15) is 30.6 Å². The molecule has 2 N–H and O–H groups in total. The Kier molecular flexibility index (Phi) is 6.13. The zero-order valence-electron chi connectivity index (χ0n) is 16.2. The summed E-state index contributed by atoms with van der Waals surface area (Å²) in [6.07, 6.45) is 4.14. The van der Waals surface area contributed by atoms with Gasteiger partial charge in [-0.1, -0.05) is 0 Å². The molecule has 0 bridgehead atoms. The highest BCUT2D eigenvalue weighted by Gasteiger charge is 2.35. The standard InChI is InChI=1S/C21H26N4O3/c1-15(2)25-14-17(13-19(25)26)21(28)23-10-9-22-20(27)16-5-7-18(8-6-16)24-11-3-4-12-24/h3-8,11-12,15,17H,9-10,13-14H2,1-2H3,(H,22,27)(H,23,28). The van der Waals surface area contributed by atoms with Crippen molar-refractivity contribution in [1.82, 2.24) is 20.1 Å². The van der Waals surface area contributed by atoms with Crippen LogP contribution in [0.15, 0.2) is 48.8 Å². The maximum Gasteiger partial charge on any atom is 0.251 e. The third-order valence-corrected chi connectivity index (χ3v) is 4.89. The molecular weight excluding hydrogens is 356 g/mol. The number of likely N-dealkylation sites (tertiary alicyclic amines) is 1. The van der Waals surface area contributed by atoms with Crippen molar-refractivity contribution in [3.8, 4) is 5.69 Å². The minimum Gasteiger partial charge on any atom is -0.354 e. The number of rotatable bonds is 7. The number of hydrogen-bond acceptors (Lipinski definition) is 3. The number of nitrogens with zero attached hydrogens (tertiary/aromatic N) is 2. The van der Waals surface area contributed by atoms with Crippen molar-refractivity contribution in [3.05, 3.63) is 54.4 Å². The fourth-order valence-corrected chi connectivity index (χ4v) is 3.31. The Bertz CT molecular complexity index is 828. The predicted octanol–water partition coefficient (Wildman–Crippen LogP) is 1.58. The van der Waals surface area contributed by atoms with Crippen molar-refractivity contribution >= 4 is 17.7 Å². The summed E-state index contributed by atoms with van der Waals surface area (Å²) in [6, 6.07) is 11.3. The van der Waals surface area contributed by atoms with Gasteiger partial charge >= 0.3 is 0 Å². The highest BCUT2D eigenvalue weighted by Crippen LogP contribution is 2.20. The SMILES string of the molecule is CC(C)N1CC(C(=O)NCCNC(=O)c2ccc(-n3cccc3)cc2)CC1=O. The topological polar surface area (TPSA) is 83.4 Å². The van der Waals surface area contributed by atoms with Gasteiger partial charge in [0.1, 0.15) is 0 Å². The summed E-state index contributed by atoms with van der Waals surface area (Å²) in [5, 5.41) is 5.60. The second-order valence-electron chi connectivity index (χ2n) is 7.23. The van der Waals surface area contributed by atoms with Gasteiger partial charge in [0.15, 0.2) is 0 Å². The lowest BCUT2D eigenvalue weighted by Crippen LogP contribution is -2.39. The summed E-state index contributed by atoms with van der Waals surface area (Å²) in [5.74, 6) is -0.615. The number of aromatic nitrogens is 1. The molecule has 1 saturated heterocycles. The van der Waals surface area contributed by atoms with E-state index >= 15 is 0 Å². The molecule has 3 rings (SSSR count). The molecular formula is C21H26N4O3. The third-order valence-electron chi connectivity index (χ3n) is 4.89. The quantitative estimate of drug-likeness (QED) is 0.713. The molecule has 28 heavy (non-hydrogen) atoms. The first-order valence-electron chi connectivity index (χ1n) is 9.54. The number of amides is 3. The zero-order valence-corrected chi connectivity index (χ0v) is 16.2. The van der Waals surface area contributed by atoms with Crippen LogP contribution in [0, 0.1) is 5.92 Å². The highest BCUT2D eigenvalue weighted by molar-refractivity contribution is 5.94.